The highest BCUT2D eigenvalue weighted by atomic mass is 16.5. The molecule has 0 saturated carbocycles. The molecule has 21 heavy (non-hydrogen) atoms. The molecule has 1 saturated heterocycles. The maximum Gasteiger partial charge on any atom is 0.246 e. The number of nitrogens with two attached hydrogens (primary N) is 1. The normalized spacial score (nSPS) is 25.7. The number of aliphatic hydroxyl groups is 2. The molecule has 9 heteroatoms. The zero-order valence-corrected chi connectivity index (χ0v) is 11.3. The number of methoxy groups -OCH3 is 1. The molecule has 1 aliphatic heterocycles. The van der Waals surface area contributed by atoms with Crippen LogP contribution >= 0.6 is 0 Å². The Balaban J connectivity index is 2.10. The monoisotopic (exact) mass is 293 g/mol. The summed E-state index contributed by atoms with van der Waals surface area (Å²) in [4.78, 5) is 12.2. The van der Waals surface area contributed by atoms with E-state index in [1.54, 1.807) is 4.57 Å². The number of ether oxygens (including phenoxy) is 2. The third-order valence-electron chi connectivity index (χ3n) is 3.39. The van der Waals surface area contributed by atoms with Gasteiger partial charge in [0, 0.05) is 5.57 Å². The third kappa shape index (κ3) is 2.02. The highest BCUT2D eigenvalue weighted by Crippen LogP contribution is 2.35. The number of aliphatic hydroxyl groups excluding tert-OH is 2. The van der Waals surface area contributed by atoms with Crippen molar-refractivity contribution in [2.75, 3.05) is 19.5 Å². The van der Waals surface area contributed by atoms with Crippen LogP contribution in [0.1, 0.15) is 6.23 Å². The van der Waals surface area contributed by atoms with Gasteiger partial charge < -0.3 is 25.4 Å². The van der Waals surface area contributed by atoms with Gasteiger partial charge in [-0.25, -0.2) is 4.98 Å². The van der Waals surface area contributed by atoms with Gasteiger partial charge in [0.15, 0.2) is 17.4 Å². The minimum Gasteiger partial charge on any atom is -0.479 e. The van der Waals surface area contributed by atoms with Crippen LogP contribution in [0.4, 0.5) is 5.95 Å². The molecular weight excluding hydrogens is 278 g/mol. The van der Waals surface area contributed by atoms with Crippen molar-refractivity contribution in [3.05, 3.63) is 18.5 Å². The Morgan fingerprint density at radius 3 is 2.90 bits per heavy atom. The first-order valence-electron chi connectivity index (χ1n) is 6.24. The largest absolute Gasteiger partial charge is 0.479 e. The first-order chi connectivity index (χ1) is 10.1. The number of anilines is 1. The molecule has 0 spiro atoms. The Kier molecular flexibility index (Phi) is 3.24. The molecule has 3 heterocycles. The average Bonchev–Trinajstić information content (AvgIpc) is 3.01. The number of rotatable bonds is 3. The second-order valence-electron chi connectivity index (χ2n) is 4.64. The number of nitrogens with zero attached hydrogens (tertiary/aromatic N) is 4. The molecule has 2 aromatic rings. The zero-order chi connectivity index (χ0) is 15.1. The van der Waals surface area contributed by atoms with E-state index in [2.05, 4.69) is 21.5 Å². The first kappa shape index (κ1) is 13.7. The van der Waals surface area contributed by atoms with Gasteiger partial charge >= 0.3 is 0 Å². The summed E-state index contributed by atoms with van der Waals surface area (Å²) < 4.78 is 12.3. The van der Waals surface area contributed by atoms with Gasteiger partial charge in [0.2, 0.25) is 11.8 Å². The standard InChI is InChI=1S/C12H15N5O4/c1-5-8(19)6(3-18)21-11(5)17-4-14-7-9(17)15-12(13)16-10(7)20-2/h4,6,8,11,18-19H,1,3H2,2H3,(H2,13,15,16)/t6-,8+,11-/m1/s1. The van der Waals surface area contributed by atoms with E-state index in [0.29, 0.717) is 16.7 Å². The fourth-order valence-corrected chi connectivity index (χ4v) is 2.32. The first-order valence-corrected chi connectivity index (χ1v) is 6.24. The van der Waals surface area contributed by atoms with Crippen LogP contribution in [0.2, 0.25) is 0 Å². The molecule has 4 N–H and O–H groups in total. The van der Waals surface area contributed by atoms with Crippen molar-refractivity contribution in [1.82, 2.24) is 19.5 Å². The number of aromatic nitrogens is 4. The lowest BCUT2D eigenvalue weighted by molar-refractivity contribution is -0.0422. The summed E-state index contributed by atoms with van der Waals surface area (Å²) in [6, 6.07) is 0. The Bertz CT molecular complexity index is 700. The van der Waals surface area contributed by atoms with Gasteiger partial charge in [0.25, 0.3) is 0 Å². The third-order valence-corrected chi connectivity index (χ3v) is 3.39. The summed E-state index contributed by atoms with van der Waals surface area (Å²) in [5.41, 5.74) is 6.87. The molecule has 0 bridgehead atoms. The summed E-state index contributed by atoms with van der Waals surface area (Å²) in [5, 5.41) is 19.1. The number of imidazole rings is 1. The molecule has 1 aliphatic rings. The predicted molar refractivity (Wildman–Crippen MR) is 72.4 cm³/mol. The van der Waals surface area contributed by atoms with Crippen molar-refractivity contribution in [2.45, 2.75) is 18.4 Å². The van der Waals surface area contributed by atoms with Crippen LogP contribution in [0.15, 0.2) is 18.5 Å². The Hall–Kier alpha value is -2.23. The van der Waals surface area contributed by atoms with E-state index >= 15 is 0 Å². The lowest BCUT2D eigenvalue weighted by atomic mass is 10.1. The second kappa shape index (κ2) is 4.95. The molecule has 2 aromatic heterocycles. The predicted octanol–water partition coefficient (Wildman–Crippen LogP) is -0.776. The average molecular weight is 293 g/mol. The van der Waals surface area contributed by atoms with Crippen LogP contribution < -0.4 is 10.5 Å². The van der Waals surface area contributed by atoms with Gasteiger partial charge in [0.1, 0.15) is 12.2 Å². The van der Waals surface area contributed by atoms with Crippen molar-refractivity contribution in [3.8, 4) is 5.88 Å². The van der Waals surface area contributed by atoms with Crippen LogP contribution in [0.3, 0.4) is 0 Å². The van der Waals surface area contributed by atoms with Crippen LogP contribution in [0.25, 0.3) is 11.2 Å². The molecule has 3 rings (SSSR count). The fourth-order valence-electron chi connectivity index (χ4n) is 2.32. The minimum absolute atomic E-state index is 0.0314. The van der Waals surface area contributed by atoms with Gasteiger partial charge in [-0.2, -0.15) is 9.97 Å². The number of nitrogen functional groups attached to an aromatic ring is 1. The highest BCUT2D eigenvalue weighted by molar-refractivity contribution is 5.77. The van der Waals surface area contributed by atoms with Gasteiger partial charge in [-0.15, -0.1) is 0 Å². The van der Waals surface area contributed by atoms with Crippen LogP contribution in [0, 0.1) is 0 Å². The number of hydrogen-bond acceptors (Lipinski definition) is 8. The molecule has 0 radical (unpaired) electrons. The molecular formula is C12H15N5O4. The summed E-state index contributed by atoms with van der Waals surface area (Å²) >= 11 is 0. The van der Waals surface area contributed by atoms with E-state index in [1.165, 1.54) is 13.4 Å². The van der Waals surface area contributed by atoms with Crippen LogP contribution in [-0.4, -0.2) is 55.7 Å². The molecule has 0 aromatic carbocycles. The molecule has 0 amide bonds. The second-order valence-corrected chi connectivity index (χ2v) is 4.64. The fraction of sp³-hybridized carbons (Fsp3) is 0.417. The Labute approximate surface area is 119 Å². The van der Waals surface area contributed by atoms with Crippen LogP contribution in [0.5, 0.6) is 5.88 Å². The SMILES string of the molecule is C=C1[C@H](n2cnc3c(OC)nc(N)nc32)O[C@H](CO)[C@H]1O. The van der Waals surface area contributed by atoms with Crippen molar-refractivity contribution >= 4 is 17.1 Å². The van der Waals surface area contributed by atoms with Crippen LogP contribution in [-0.2, 0) is 4.74 Å². The quantitative estimate of drug-likeness (QED) is 0.629. The molecule has 3 atom stereocenters. The van der Waals surface area contributed by atoms with Crippen molar-refractivity contribution in [1.29, 1.82) is 0 Å². The summed E-state index contributed by atoms with van der Waals surface area (Å²) in [7, 11) is 1.46. The van der Waals surface area contributed by atoms with E-state index < -0.39 is 18.4 Å². The smallest absolute Gasteiger partial charge is 0.246 e. The topological polar surface area (TPSA) is 129 Å². The van der Waals surface area contributed by atoms with E-state index in [-0.39, 0.29) is 18.4 Å². The Morgan fingerprint density at radius 1 is 1.52 bits per heavy atom. The molecule has 0 aliphatic carbocycles. The lowest BCUT2D eigenvalue weighted by Gasteiger charge is -2.14. The minimum atomic E-state index is -0.960. The van der Waals surface area contributed by atoms with E-state index in [9.17, 15) is 10.2 Å². The Morgan fingerprint density at radius 2 is 2.29 bits per heavy atom. The lowest BCUT2D eigenvalue weighted by Crippen LogP contribution is -2.25. The molecule has 9 nitrogen and oxygen atoms in total. The van der Waals surface area contributed by atoms with Gasteiger partial charge in [-0.1, -0.05) is 6.58 Å². The van der Waals surface area contributed by atoms with Crippen molar-refractivity contribution in [2.24, 2.45) is 0 Å². The van der Waals surface area contributed by atoms with Gasteiger partial charge in [0.05, 0.1) is 20.0 Å². The molecule has 1 fully saturated rings. The van der Waals surface area contributed by atoms with Crippen molar-refractivity contribution in [3.63, 3.8) is 0 Å². The molecule has 0 unspecified atom stereocenters. The van der Waals surface area contributed by atoms with Gasteiger partial charge in [-0.05, 0) is 0 Å². The number of fused-ring (bicyclic) bond motifs is 1. The van der Waals surface area contributed by atoms with Gasteiger partial charge in [-0.3, -0.25) is 4.57 Å². The summed E-state index contributed by atoms with van der Waals surface area (Å²) in [6.07, 6.45) is -0.912. The maximum absolute atomic E-state index is 9.95. The number of hydrogen-bond donors (Lipinski definition) is 3. The molecule has 112 valence electrons. The maximum atomic E-state index is 9.95. The zero-order valence-electron chi connectivity index (χ0n) is 11.3. The summed E-state index contributed by atoms with van der Waals surface area (Å²) in [5.74, 6) is 0.281. The summed E-state index contributed by atoms with van der Waals surface area (Å²) in [6.45, 7) is 3.49. The van der Waals surface area contributed by atoms with Crippen molar-refractivity contribution < 1.29 is 19.7 Å². The van der Waals surface area contributed by atoms with E-state index in [1.807, 2.05) is 0 Å². The van der Waals surface area contributed by atoms with E-state index in [0.717, 1.165) is 0 Å². The highest BCUT2D eigenvalue weighted by Gasteiger charge is 2.39. The van der Waals surface area contributed by atoms with E-state index in [4.69, 9.17) is 15.2 Å².